The van der Waals surface area contributed by atoms with Crippen molar-refractivity contribution in [1.82, 2.24) is 5.32 Å². The molecule has 0 atom stereocenters. The summed E-state index contributed by atoms with van der Waals surface area (Å²) in [5, 5.41) is 3.16. The van der Waals surface area contributed by atoms with Crippen LogP contribution in [0.4, 0.5) is 0 Å². The molecular formula is C14H16ClN. The second-order valence-corrected chi connectivity index (χ2v) is 3.60. The van der Waals surface area contributed by atoms with Gasteiger partial charge in [0.2, 0.25) is 0 Å². The van der Waals surface area contributed by atoms with E-state index in [1.807, 2.05) is 13.1 Å². The largest absolute Gasteiger partial charge is 0.316 e. The molecule has 0 aliphatic heterocycles. The predicted molar refractivity (Wildman–Crippen MR) is 71.9 cm³/mol. The van der Waals surface area contributed by atoms with Gasteiger partial charge in [0, 0.05) is 6.54 Å². The SMILES string of the molecule is CNCc1cccc(-c2ccccc2)c1.Cl. The molecule has 16 heavy (non-hydrogen) atoms. The fourth-order valence-corrected chi connectivity index (χ4v) is 1.70. The third-order valence-corrected chi connectivity index (χ3v) is 2.42. The standard InChI is InChI=1S/C14H15N.ClH/c1-15-11-12-6-5-9-14(10-12)13-7-3-2-4-8-13;/h2-10,15H,11H2,1H3;1H. The monoisotopic (exact) mass is 233 g/mol. The van der Waals surface area contributed by atoms with Crippen molar-refractivity contribution in [3.63, 3.8) is 0 Å². The van der Waals surface area contributed by atoms with E-state index in [0.29, 0.717) is 0 Å². The number of hydrogen-bond donors (Lipinski definition) is 1. The zero-order valence-corrected chi connectivity index (χ0v) is 10.1. The summed E-state index contributed by atoms with van der Waals surface area (Å²) in [5.74, 6) is 0. The van der Waals surface area contributed by atoms with Gasteiger partial charge in [-0.1, -0.05) is 48.5 Å². The van der Waals surface area contributed by atoms with E-state index in [1.54, 1.807) is 0 Å². The van der Waals surface area contributed by atoms with Crippen LogP contribution < -0.4 is 5.32 Å². The average molecular weight is 234 g/mol. The Morgan fingerprint density at radius 1 is 0.875 bits per heavy atom. The molecule has 84 valence electrons. The van der Waals surface area contributed by atoms with Gasteiger partial charge >= 0.3 is 0 Å². The van der Waals surface area contributed by atoms with Crippen molar-refractivity contribution in [3.05, 3.63) is 60.2 Å². The Kier molecular flexibility index (Phi) is 5.03. The van der Waals surface area contributed by atoms with E-state index < -0.39 is 0 Å². The third-order valence-electron chi connectivity index (χ3n) is 2.42. The third kappa shape index (κ3) is 3.09. The molecule has 2 heteroatoms. The van der Waals surface area contributed by atoms with Crippen molar-refractivity contribution in [3.8, 4) is 11.1 Å². The van der Waals surface area contributed by atoms with Crippen LogP contribution in [-0.2, 0) is 6.54 Å². The van der Waals surface area contributed by atoms with Crippen molar-refractivity contribution in [1.29, 1.82) is 0 Å². The highest BCUT2D eigenvalue weighted by Gasteiger charge is 1.97. The number of nitrogens with one attached hydrogen (secondary N) is 1. The van der Waals surface area contributed by atoms with E-state index in [1.165, 1.54) is 16.7 Å². The Morgan fingerprint density at radius 2 is 1.56 bits per heavy atom. The van der Waals surface area contributed by atoms with E-state index >= 15 is 0 Å². The molecule has 0 aliphatic carbocycles. The summed E-state index contributed by atoms with van der Waals surface area (Å²) in [4.78, 5) is 0. The van der Waals surface area contributed by atoms with Gasteiger partial charge in [-0.2, -0.15) is 0 Å². The maximum Gasteiger partial charge on any atom is 0.0202 e. The molecule has 0 aliphatic rings. The minimum Gasteiger partial charge on any atom is -0.316 e. The van der Waals surface area contributed by atoms with E-state index in [9.17, 15) is 0 Å². The van der Waals surface area contributed by atoms with Gasteiger partial charge in [0.05, 0.1) is 0 Å². The summed E-state index contributed by atoms with van der Waals surface area (Å²) >= 11 is 0. The highest BCUT2D eigenvalue weighted by molar-refractivity contribution is 5.85. The lowest BCUT2D eigenvalue weighted by atomic mass is 10.0. The smallest absolute Gasteiger partial charge is 0.0202 e. The molecule has 0 fully saturated rings. The summed E-state index contributed by atoms with van der Waals surface area (Å²) in [6, 6.07) is 19.1. The molecule has 0 saturated carbocycles. The molecule has 2 rings (SSSR count). The summed E-state index contributed by atoms with van der Waals surface area (Å²) < 4.78 is 0. The highest BCUT2D eigenvalue weighted by atomic mass is 35.5. The normalized spacial score (nSPS) is 9.56. The lowest BCUT2D eigenvalue weighted by molar-refractivity contribution is 0.818. The Balaban J connectivity index is 0.00000128. The molecule has 0 bridgehead atoms. The molecule has 2 aromatic carbocycles. The first-order chi connectivity index (χ1) is 7.40. The van der Waals surface area contributed by atoms with Gasteiger partial charge in [-0.05, 0) is 29.8 Å². The van der Waals surface area contributed by atoms with Gasteiger partial charge in [0.15, 0.2) is 0 Å². The Morgan fingerprint density at radius 3 is 2.25 bits per heavy atom. The van der Waals surface area contributed by atoms with Gasteiger partial charge in [0.25, 0.3) is 0 Å². The van der Waals surface area contributed by atoms with Crippen LogP contribution in [0.25, 0.3) is 11.1 Å². The van der Waals surface area contributed by atoms with Crippen molar-refractivity contribution >= 4 is 12.4 Å². The van der Waals surface area contributed by atoms with Crippen molar-refractivity contribution in [2.45, 2.75) is 6.54 Å². The zero-order valence-electron chi connectivity index (χ0n) is 9.31. The van der Waals surface area contributed by atoms with Gasteiger partial charge in [-0.15, -0.1) is 12.4 Å². The van der Waals surface area contributed by atoms with Crippen LogP contribution in [-0.4, -0.2) is 7.05 Å². The van der Waals surface area contributed by atoms with Crippen LogP contribution >= 0.6 is 12.4 Å². The Bertz CT molecular complexity index is 426. The minimum atomic E-state index is 0. The predicted octanol–water partition coefficient (Wildman–Crippen LogP) is 3.49. The second kappa shape index (κ2) is 6.31. The fraction of sp³-hybridized carbons (Fsp3) is 0.143. The maximum atomic E-state index is 3.16. The van der Waals surface area contributed by atoms with Crippen LogP contribution in [0.3, 0.4) is 0 Å². The van der Waals surface area contributed by atoms with Crippen LogP contribution in [0.5, 0.6) is 0 Å². The highest BCUT2D eigenvalue weighted by Crippen LogP contribution is 2.19. The lowest BCUT2D eigenvalue weighted by Crippen LogP contribution is -2.04. The van der Waals surface area contributed by atoms with Crippen molar-refractivity contribution in [2.75, 3.05) is 7.05 Å². The molecule has 0 aromatic heterocycles. The lowest BCUT2D eigenvalue weighted by Gasteiger charge is -2.04. The van der Waals surface area contributed by atoms with Crippen LogP contribution in [0.1, 0.15) is 5.56 Å². The van der Waals surface area contributed by atoms with Crippen LogP contribution in [0.15, 0.2) is 54.6 Å². The van der Waals surface area contributed by atoms with E-state index in [0.717, 1.165) is 6.54 Å². The number of halogens is 1. The van der Waals surface area contributed by atoms with Crippen LogP contribution in [0.2, 0.25) is 0 Å². The molecule has 1 N–H and O–H groups in total. The first-order valence-electron chi connectivity index (χ1n) is 5.19. The molecule has 1 nitrogen and oxygen atoms in total. The molecular weight excluding hydrogens is 218 g/mol. The number of benzene rings is 2. The molecule has 0 spiro atoms. The average Bonchev–Trinajstić information content (AvgIpc) is 2.31. The fourth-order valence-electron chi connectivity index (χ4n) is 1.70. The van der Waals surface area contributed by atoms with Gasteiger partial charge in [-0.3, -0.25) is 0 Å². The topological polar surface area (TPSA) is 12.0 Å². The maximum absolute atomic E-state index is 3.16. The molecule has 0 unspecified atom stereocenters. The van der Waals surface area contributed by atoms with Gasteiger partial charge in [0.1, 0.15) is 0 Å². The van der Waals surface area contributed by atoms with Crippen LogP contribution in [0, 0.1) is 0 Å². The van der Waals surface area contributed by atoms with Crippen molar-refractivity contribution in [2.24, 2.45) is 0 Å². The zero-order chi connectivity index (χ0) is 10.5. The Labute approximate surface area is 103 Å². The molecule has 0 radical (unpaired) electrons. The molecule has 0 heterocycles. The first kappa shape index (κ1) is 12.8. The molecule has 0 amide bonds. The summed E-state index contributed by atoms with van der Waals surface area (Å²) in [6.45, 7) is 0.917. The molecule has 0 saturated heterocycles. The van der Waals surface area contributed by atoms with E-state index in [-0.39, 0.29) is 12.4 Å². The number of rotatable bonds is 3. The van der Waals surface area contributed by atoms with Gasteiger partial charge in [-0.25, -0.2) is 0 Å². The van der Waals surface area contributed by atoms with E-state index in [2.05, 4.69) is 53.8 Å². The Hall–Kier alpha value is -1.31. The summed E-state index contributed by atoms with van der Waals surface area (Å²) in [7, 11) is 1.97. The summed E-state index contributed by atoms with van der Waals surface area (Å²) in [6.07, 6.45) is 0. The minimum absolute atomic E-state index is 0. The first-order valence-corrected chi connectivity index (χ1v) is 5.19. The molecule has 2 aromatic rings. The second-order valence-electron chi connectivity index (χ2n) is 3.60. The summed E-state index contributed by atoms with van der Waals surface area (Å²) in [5.41, 5.74) is 3.87. The quantitative estimate of drug-likeness (QED) is 0.856. The van der Waals surface area contributed by atoms with E-state index in [4.69, 9.17) is 0 Å². The van der Waals surface area contributed by atoms with Gasteiger partial charge < -0.3 is 5.32 Å². The van der Waals surface area contributed by atoms with Crippen molar-refractivity contribution < 1.29 is 0 Å². The number of hydrogen-bond acceptors (Lipinski definition) is 1.